The maximum atomic E-state index is 11.9. The predicted molar refractivity (Wildman–Crippen MR) is 88.3 cm³/mol. The molecule has 0 bridgehead atoms. The average Bonchev–Trinajstić information content (AvgIpc) is 2.79. The summed E-state index contributed by atoms with van der Waals surface area (Å²) in [5, 5.41) is -0.0251. The van der Waals surface area contributed by atoms with Crippen LogP contribution in [0.3, 0.4) is 0 Å². The number of nitrogens with zero attached hydrogens (tertiary/aromatic N) is 1. The van der Waals surface area contributed by atoms with E-state index in [-0.39, 0.29) is 5.12 Å². The van der Waals surface area contributed by atoms with E-state index in [0.717, 1.165) is 21.4 Å². The predicted octanol–water partition coefficient (Wildman–Crippen LogP) is 3.97. The van der Waals surface area contributed by atoms with E-state index in [1.807, 2.05) is 31.2 Å². The molecule has 2 rings (SSSR count). The fourth-order valence-corrected chi connectivity index (χ4v) is 3.22. The molecule has 1 heterocycles. The smallest absolute Gasteiger partial charge is 0.244 e. The van der Waals surface area contributed by atoms with Crippen molar-refractivity contribution in [2.24, 2.45) is 4.99 Å². The molecule has 0 saturated carbocycles. The second-order valence-corrected chi connectivity index (χ2v) is 6.10. The summed E-state index contributed by atoms with van der Waals surface area (Å²) in [6, 6.07) is 7.63. The third kappa shape index (κ3) is 3.77. The highest BCUT2D eigenvalue weighted by Crippen LogP contribution is 2.32. The van der Waals surface area contributed by atoms with Crippen molar-refractivity contribution in [1.29, 1.82) is 0 Å². The molecule has 1 aliphatic rings. The van der Waals surface area contributed by atoms with E-state index < -0.39 is 0 Å². The summed E-state index contributed by atoms with van der Waals surface area (Å²) in [4.78, 5) is 16.3. The first-order valence-corrected chi connectivity index (χ1v) is 8.03. The molecule has 0 amide bonds. The molecule has 0 unspecified atom stereocenters. The van der Waals surface area contributed by atoms with Crippen molar-refractivity contribution in [3.05, 3.63) is 48.2 Å². The second kappa shape index (κ2) is 7.36. The third-order valence-corrected chi connectivity index (χ3v) is 4.44. The Morgan fingerprint density at radius 1 is 1.45 bits per heavy atom. The van der Waals surface area contributed by atoms with Crippen LogP contribution in [0.25, 0.3) is 6.08 Å². The van der Waals surface area contributed by atoms with Crippen LogP contribution in [-0.4, -0.2) is 21.9 Å². The number of benzene rings is 1. The molecule has 0 radical (unpaired) electrons. The van der Waals surface area contributed by atoms with Crippen molar-refractivity contribution in [2.75, 3.05) is 12.4 Å². The molecule has 0 aromatic heterocycles. The number of rotatable bonds is 5. The van der Waals surface area contributed by atoms with Gasteiger partial charge in [-0.25, -0.2) is 4.99 Å². The van der Waals surface area contributed by atoms with Gasteiger partial charge in [-0.15, -0.1) is 6.58 Å². The van der Waals surface area contributed by atoms with Crippen LogP contribution in [0.2, 0.25) is 0 Å². The Hall–Kier alpha value is -1.46. The summed E-state index contributed by atoms with van der Waals surface area (Å²) < 4.78 is 6.32. The van der Waals surface area contributed by atoms with Crippen molar-refractivity contribution in [2.45, 2.75) is 6.92 Å². The van der Waals surface area contributed by atoms with Crippen molar-refractivity contribution in [3.63, 3.8) is 0 Å². The van der Waals surface area contributed by atoms with Crippen LogP contribution in [0.4, 0.5) is 0 Å². The zero-order valence-corrected chi connectivity index (χ0v) is 12.8. The van der Waals surface area contributed by atoms with Gasteiger partial charge in [-0.2, -0.15) is 0 Å². The summed E-state index contributed by atoms with van der Waals surface area (Å²) in [6.07, 6.45) is 3.58. The van der Waals surface area contributed by atoms with Crippen molar-refractivity contribution < 1.29 is 9.53 Å². The van der Waals surface area contributed by atoms with Crippen LogP contribution in [0.1, 0.15) is 12.5 Å². The summed E-state index contributed by atoms with van der Waals surface area (Å²) in [7, 11) is 0. The molecule has 104 valence electrons. The molecule has 0 aliphatic carbocycles. The molecule has 1 aromatic rings. The Morgan fingerprint density at radius 3 is 3.00 bits per heavy atom. The van der Waals surface area contributed by atoms with Crippen LogP contribution in [0, 0.1) is 0 Å². The minimum Gasteiger partial charge on any atom is -0.493 e. The lowest BCUT2D eigenvalue weighted by Crippen LogP contribution is -1.94. The van der Waals surface area contributed by atoms with Crippen LogP contribution in [0.5, 0.6) is 5.75 Å². The first-order chi connectivity index (χ1) is 9.74. The van der Waals surface area contributed by atoms with Gasteiger partial charge in [0, 0.05) is 11.3 Å². The average molecular weight is 305 g/mol. The Morgan fingerprint density at radius 2 is 2.25 bits per heavy atom. The number of ether oxygens (including phenoxy) is 1. The molecular formula is C15H15NO2S2. The maximum absolute atomic E-state index is 11.9. The van der Waals surface area contributed by atoms with Crippen LogP contribution in [-0.2, 0) is 4.79 Å². The minimum atomic E-state index is -0.0251. The van der Waals surface area contributed by atoms with Crippen molar-refractivity contribution >= 4 is 39.1 Å². The quantitative estimate of drug-likeness (QED) is 0.609. The number of para-hydroxylation sites is 1. The highest BCUT2D eigenvalue weighted by atomic mass is 32.2. The monoisotopic (exact) mass is 305 g/mol. The first kappa shape index (κ1) is 14.9. The van der Waals surface area contributed by atoms with Gasteiger partial charge in [0.05, 0.1) is 6.61 Å². The Labute approximate surface area is 127 Å². The SMILES string of the molecule is C=CCSC1=NC(=Cc2ccccc2OCC)C(=O)S1. The van der Waals surface area contributed by atoms with Crippen LogP contribution >= 0.6 is 23.5 Å². The summed E-state index contributed by atoms with van der Waals surface area (Å²) in [5.41, 5.74) is 1.34. The molecule has 0 saturated heterocycles. The molecule has 0 spiro atoms. The summed E-state index contributed by atoms with van der Waals surface area (Å²) in [5.74, 6) is 1.52. The maximum Gasteiger partial charge on any atom is 0.244 e. The number of thioether (sulfide) groups is 2. The van der Waals surface area contributed by atoms with E-state index in [2.05, 4.69) is 11.6 Å². The van der Waals surface area contributed by atoms with Crippen molar-refractivity contribution in [3.8, 4) is 5.75 Å². The molecule has 1 aliphatic heterocycles. The molecular weight excluding hydrogens is 290 g/mol. The number of hydrogen-bond acceptors (Lipinski definition) is 5. The van der Waals surface area contributed by atoms with Gasteiger partial charge in [-0.1, -0.05) is 36.0 Å². The van der Waals surface area contributed by atoms with Gasteiger partial charge in [-0.3, -0.25) is 4.79 Å². The fourth-order valence-electron chi connectivity index (χ4n) is 1.62. The van der Waals surface area contributed by atoms with Gasteiger partial charge in [0.1, 0.15) is 15.8 Å². The third-order valence-electron chi connectivity index (χ3n) is 2.44. The fraction of sp³-hybridized carbons (Fsp3) is 0.200. The van der Waals surface area contributed by atoms with Gasteiger partial charge >= 0.3 is 0 Å². The largest absolute Gasteiger partial charge is 0.493 e. The standard InChI is InChI=1S/C15H15NO2S2/c1-3-9-19-15-16-12(14(17)20-15)10-11-7-5-6-8-13(11)18-4-2/h3,5-8,10H,1,4,9H2,2H3. The molecule has 0 atom stereocenters. The molecule has 5 heteroatoms. The number of hydrogen-bond donors (Lipinski definition) is 0. The Bertz CT molecular complexity index is 579. The lowest BCUT2D eigenvalue weighted by atomic mass is 10.1. The molecule has 0 N–H and O–H groups in total. The van der Waals surface area contributed by atoms with E-state index in [4.69, 9.17) is 4.74 Å². The van der Waals surface area contributed by atoms with Gasteiger partial charge in [0.25, 0.3) is 0 Å². The molecule has 1 aromatic carbocycles. The van der Waals surface area contributed by atoms with Crippen LogP contribution < -0.4 is 4.74 Å². The zero-order chi connectivity index (χ0) is 14.4. The Balaban J connectivity index is 2.24. The highest BCUT2D eigenvalue weighted by Gasteiger charge is 2.22. The van der Waals surface area contributed by atoms with E-state index in [0.29, 0.717) is 12.3 Å². The van der Waals surface area contributed by atoms with Crippen LogP contribution in [0.15, 0.2) is 47.6 Å². The lowest BCUT2D eigenvalue weighted by Gasteiger charge is -2.06. The summed E-state index contributed by atoms with van der Waals surface area (Å²) >= 11 is 2.69. The zero-order valence-electron chi connectivity index (χ0n) is 11.2. The molecule has 0 fully saturated rings. The van der Waals surface area contributed by atoms with E-state index in [9.17, 15) is 4.79 Å². The highest BCUT2D eigenvalue weighted by molar-refractivity contribution is 8.45. The van der Waals surface area contributed by atoms with E-state index in [1.165, 1.54) is 23.5 Å². The normalized spacial score (nSPS) is 16.4. The second-order valence-electron chi connectivity index (χ2n) is 3.87. The number of carbonyl (C=O) groups is 1. The van der Waals surface area contributed by atoms with Gasteiger partial charge < -0.3 is 4.74 Å². The van der Waals surface area contributed by atoms with Gasteiger partial charge in [0.15, 0.2) is 0 Å². The first-order valence-electron chi connectivity index (χ1n) is 6.22. The topological polar surface area (TPSA) is 38.7 Å². The molecule has 3 nitrogen and oxygen atoms in total. The number of carbonyl (C=O) groups excluding carboxylic acids is 1. The van der Waals surface area contributed by atoms with Crippen molar-refractivity contribution in [1.82, 2.24) is 0 Å². The summed E-state index contributed by atoms with van der Waals surface area (Å²) in [6.45, 7) is 6.18. The van der Waals surface area contributed by atoms with Gasteiger partial charge in [0.2, 0.25) is 5.12 Å². The lowest BCUT2D eigenvalue weighted by molar-refractivity contribution is -0.107. The van der Waals surface area contributed by atoms with E-state index >= 15 is 0 Å². The van der Waals surface area contributed by atoms with E-state index in [1.54, 1.807) is 12.2 Å². The minimum absolute atomic E-state index is 0.0251. The Kier molecular flexibility index (Phi) is 5.49. The number of aliphatic imine (C=N–C) groups is 1. The molecule has 20 heavy (non-hydrogen) atoms. The van der Waals surface area contributed by atoms with Gasteiger partial charge in [-0.05, 0) is 30.8 Å².